The number of hydrogen-bond donors (Lipinski definition) is 1. The lowest BCUT2D eigenvalue weighted by Gasteiger charge is -2.11. The first kappa shape index (κ1) is 15.4. The molecule has 6 heteroatoms. The van der Waals surface area contributed by atoms with E-state index in [1.165, 1.54) is 12.1 Å². The van der Waals surface area contributed by atoms with Crippen molar-refractivity contribution in [2.24, 2.45) is 0 Å². The van der Waals surface area contributed by atoms with Gasteiger partial charge in [-0.05, 0) is 29.8 Å². The Balaban J connectivity index is 2.00. The Morgan fingerprint density at radius 1 is 1.33 bits per heavy atom. The highest BCUT2D eigenvalue weighted by Crippen LogP contribution is 2.15. The highest BCUT2D eigenvalue weighted by atomic mass is 79.9. The van der Waals surface area contributed by atoms with E-state index >= 15 is 0 Å². The number of carbonyl (C=O) groups is 1. The van der Waals surface area contributed by atoms with Crippen molar-refractivity contribution in [2.75, 3.05) is 19.0 Å². The molecule has 0 radical (unpaired) electrons. The first-order chi connectivity index (χ1) is 9.97. The summed E-state index contributed by atoms with van der Waals surface area (Å²) in [6.45, 7) is 0.301. The molecular weight excluding hydrogens is 337 g/mol. The van der Waals surface area contributed by atoms with Crippen LogP contribution in [0.2, 0.25) is 0 Å². The van der Waals surface area contributed by atoms with Gasteiger partial charge in [-0.2, -0.15) is 0 Å². The van der Waals surface area contributed by atoms with Gasteiger partial charge in [0.2, 0.25) is 0 Å². The Morgan fingerprint density at radius 2 is 2.10 bits per heavy atom. The van der Waals surface area contributed by atoms with Gasteiger partial charge in [-0.25, -0.2) is 9.37 Å². The molecule has 0 spiro atoms. The molecule has 0 aliphatic heterocycles. The molecule has 1 heterocycles. The van der Waals surface area contributed by atoms with Crippen LogP contribution in [0.5, 0.6) is 0 Å². The normalized spacial score (nSPS) is 10.3. The molecular formula is C15H15BrFN3O. The predicted octanol–water partition coefficient (Wildman–Crippen LogP) is 2.98. The lowest BCUT2D eigenvalue weighted by Crippen LogP contribution is -2.24. The van der Waals surface area contributed by atoms with Gasteiger partial charge in [-0.3, -0.25) is 4.79 Å². The van der Waals surface area contributed by atoms with Crippen LogP contribution in [-0.2, 0) is 6.54 Å². The second kappa shape index (κ2) is 6.67. The molecule has 4 nitrogen and oxygen atoms in total. The number of nitrogens with one attached hydrogen (secondary N) is 1. The van der Waals surface area contributed by atoms with E-state index in [-0.39, 0.29) is 5.56 Å². The number of aromatic nitrogens is 1. The molecule has 110 valence electrons. The van der Waals surface area contributed by atoms with E-state index in [0.717, 1.165) is 11.4 Å². The van der Waals surface area contributed by atoms with Crippen molar-refractivity contribution in [3.63, 3.8) is 0 Å². The molecule has 0 unspecified atom stereocenters. The summed E-state index contributed by atoms with van der Waals surface area (Å²) >= 11 is 3.16. The molecule has 0 saturated heterocycles. The van der Waals surface area contributed by atoms with Crippen molar-refractivity contribution in [2.45, 2.75) is 6.54 Å². The predicted molar refractivity (Wildman–Crippen MR) is 83.8 cm³/mol. The van der Waals surface area contributed by atoms with Gasteiger partial charge in [-0.15, -0.1) is 0 Å². The summed E-state index contributed by atoms with van der Waals surface area (Å²) in [6.07, 6.45) is 1.69. The van der Waals surface area contributed by atoms with E-state index in [2.05, 4.69) is 26.2 Å². The van der Waals surface area contributed by atoms with Crippen molar-refractivity contribution >= 4 is 27.7 Å². The fourth-order valence-electron chi connectivity index (χ4n) is 1.74. The molecule has 0 saturated carbocycles. The van der Waals surface area contributed by atoms with E-state index in [0.29, 0.717) is 11.0 Å². The van der Waals surface area contributed by atoms with Crippen LogP contribution in [0, 0.1) is 5.82 Å². The summed E-state index contributed by atoms with van der Waals surface area (Å²) in [6, 6.07) is 8.08. The summed E-state index contributed by atoms with van der Waals surface area (Å²) in [5.74, 6) is -0.163. The lowest BCUT2D eigenvalue weighted by molar-refractivity contribution is 0.0947. The Morgan fingerprint density at radius 3 is 2.67 bits per heavy atom. The van der Waals surface area contributed by atoms with Crippen LogP contribution in [-0.4, -0.2) is 25.0 Å². The third-order valence-corrected chi connectivity index (χ3v) is 3.39. The number of amides is 1. The molecule has 0 aliphatic carbocycles. The highest BCUT2D eigenvalue weighted by Gasteiger charge is 2.11. The number of rotatable bonds is 4. The van der Waals surface area contributed by atoms with E-state index in [4.69, 9.17) is 0 Å². The summed E-state index contributed by atoms with van der Waals surface area (Å²) in [4.78, 5) is 18.1. The van der Waals surface area contributed by atoms with E-state index in [1.54, 1.807) is 12.3 Å². The first-order valence-corrected chi connectivity index (χ1v) is 7.12. The molecule has 0 fully saturated rings. The molecule has 2 rings (SSSR count). The maximum absolute atomic E-state index is 13.7. The monoisotopic (exact) mass is 351 g/mol. The minimum atomic E-state index is -0.553. The number of hydrogen-bond acceptors (Lipinski definition) is 3. The average molecular weight is 352 g/mol. The molecule has 0 bridgehead atoms. The number of pyridine rings is 1. The minimum Gasteiger partial charge on any atom is -0.363 e. The molecule has 2 aromatic rings. The Bertz CT molecular complexity index is 644. The van der Waals surface area contributed by atoms with Gasteiger partial charge in [0.05, 0.1) is 5.56 Å². The first-order valence-electron chi connectivity index (χ1n) is 6.33. The van der Waals surface area contributed by atoms with Gasteiger partial charge in [0.25, 0.3) is 5.91 Å². The van der Waals surface area contributed by atoms with Crippen LogP contribution in [0.15, 0.2) is 41.0 Å². The van der Waals surface area contributed by atoms with E-state index < -0.39 is 11.7 Å². The standard InChI is InChI=1S/C15H15BrFN3O/c1-20(2)14-6-3-10(8-18-14)9-19-15(21)12-5-4-11(16)7-13(12)17/h3-8H,9H2,1-2H3,(H,19,21). The van der Waals surface area contributed by atoms with Crippen LogP contribution in [0.1, 0.15) is 15.9 Å². The maximum atomic E-state index is 13.7. The second-order valence-electron chi connectivity index (χ2n) is 4.73. The molecule has 1 amide bonds. The van der Waals surface area contributed by atoms with Crippen molar-refractivity contribution in [3.05, 3.63) is 57.9 Å². The lowest BCUT2D eigenvalue weighted by atomic mass is 10.2. The Kier molecular flexibility index (Phi) is 4.90. The van der Waals surface area contributed by atoms with Crippen molar-refractivity contribution in [1.82, 2.24) is 10.3 Å². The average Bonchev–Trinajstić information content (AvgIpc) is 2.45. The molecule has 0 atom stereocenters. The maximum Gasteiger partial charge on any atom is 0.254 e. The SMILES string of the molecule is CN(C)c1ccc(CNC(=O)c2ccc(Br)cc2F)cn1. The van der Waals surface area contributed by atoms with Gasteiger partial charge >= 0.3 is 0 Å². The van der Waals surface area contributed by atoms with Crippen LogP contribution in [0.4, 0.5) is 10.2 Å². The third kappa shape index (κ3) is 4.01. The van der Waals surface area contributed by atoms with Crippen molar-refractivity contribution in [1.29, 1.82) is 0 Å². The summed E-state index contributed by atoms with van der Waals surface area (Å²) in [5, 5.41) is 2.68. The van der Waals surface area contributed by atoms with Gasteiger partial charge in [0, 0.05) is 31.3 Å². The molecule has 0 aliphatic rings. The number of halogens is 2. The molecule has 1 aromatic heterocycles. The van der Waals surface area contributed by atoms with Crippen LogP contribution >= 0.6 is 15.9 Å². The van der Waals surface area contributed by atoms with Gasteiger partial charge < -0.3 is 10.2 Å². The zero-order valence-electron chi connectivity index (χ0n) is 11.7. The number of nitrogens with zero attached hydrogens (tertiary/aromatic N) is 2. The van der Waals surface area contributed by atoms with Crippen molar-refractivity contribution < 1.29 is 9.18 Å². The number of benzene rings is 1. The number of carbonyl (C=O) groups excluding carboxylic acids is 1. The van der Waals surface area contributed by atoms with Crippen LogP contribution < -0.4 is 10.2 Å². The smallest absolute Gasteiger partial charge is 0.254 e. The third-order valence-electron chi connectivity index (χ3n) is 2.90. The molecule has 21 heavy (non-hydrogen) atoms. The summed E-state index contributed by atoms with van der Waals surface area (Å²) in [7, 11) is 3.81. The Hall–Kier alpha value is -1.95. The van der Waals surface area contributed by atoms with Gasteiger partial charge in [0.15, 0.2) is 0 Å². The summed E-state index contributed by atoms with van der Waals surface area (Å²) < 4.78 is 14.3. The van der Waals surface area contributed by atoms with Gasteiger partial charge in [-0.1, -0.05) is 22.0 Å². The van der Waals surface area contributed by atoms with Crippen LogP contribution in [0.25, 0.3) is 0 Å². The quantitative estimate of drug-likeness (QED) is 0.920. The van der Waals surface area contributed by atoms with Crippen molar-refractivity contribution in [3.8, 4) is 0 Å². The zero-order valence-corrected chi connectivity index (χ0v) is 13.3. The molecule has 1 aromatic carbocycles. The fourth-order valence-corrected chi connectivity index (χ4v) is 2.07. The van der Waals surface area contributed by atoms with Gasteiger partial charge in [0.1, 0.15) is 11.6 Å². The zero-order chi connectivity index (χ0) is 15.4. The minimum absolute atomic E-state index is 0.0241. The summed E-state index contributed by atoms with van der Waals surface area (Å²) in [5.41, 5.74) is 0.877. The van der Waals surface area contributed by atoms with E-state index in [1.807, 2.05) is 31.1 Å². The highest BCUT2D eigenvalue weighted by molar-refractivity contribution is 9.10. The Labute approximate surface area is 131 Å². The second-order valence-corrected chi connectivity index (χ2v) is 5.64. The number of anilines is 1. The fraction of sp³-hybridized carbons (Fsp3) is 0.200. The topological polar surface area (TPSA) is 45.2 Å². The molecule has 1 N–H and O–H groups in total. The van der Waals surface area contributed by atoms with E-state index in [9.17, 15) is 9.18 Å². The largest absolute Gasteiger partial charge is 0.363 e. The van der Waals surface area contributed by atoms with Crippen LogP contribution in [0.3, 0.4) is 0 Å².